The summed E-state index contributed by atoms with van der Waals surface area (Å²) < 4.78 is 10.4. The van der Waals surface area contributed by atoms with E-state index in [1.54, 1.807) is 7.11 Å². The molecule has 0 aromatic heterocycles. The molecule has 1 heterocycles. The van der Waals surface area contributed by atoms with Crippen molar-refractivity contribution in [2.75, 3.05) is 33.4 Å². The molecule has 86 valence electrons. The van der Waals surface area contributed by atoms with Gasteiger partial charge in [0.05, 0.1) is 25.0 Å². The Morgan fingerprint density at radius 2 is 2.20 bits per heavy atom. The van der Waals surface area contributed by atoms with Crippen molar-refractivity contribution in [3.63, 3.8) is 0 Å². The molecule has 0 radical (unpaired) electrons. The molecule has 1 saturated heterocycles. The minimum absolute atomic E-state index is 0.154. The molecule has 0 bridgehead atoms. The lowest BCUT2D eigenvalue weighted by Crippen LogP contribution is -2.36. The quantitative estimate of drug-likeness (QED) is 0.501. The van der Waals surface area contributed by atoms with Crippen LogP contribution in [0.1, 0.15) is 13.3 Å². The molecule has 4 heteroatoms. The lowest BCUT2D eigenvalue weighted by molar-refractivity contribution is -0.106. The first-order valence-electron chi connectivity index (χ1n) is 5.28. The molecule has 4 nitrogen and oxygen atoms in total. The fourth-order valence-electron chi connectivity index (χ4n) is 1.46. The molecule has 0 saturated carbocycles. The molecule has 0 aromatic rings. The second-order valence-electron chi connectivity index (χ2n) is 3.63. The van der Waals surface area contributed by atoms with Crippen molar-refractivity contribution in [3.8, 4) is 0 Å². The van der Waals surface area contributed by atoms with E-state index in [1.165, 1.54) is 0 Å². The Morgan fingerprint density at radius 1 is 1.53 bits per heavy atom. The zero-order chi connectivity index (χ0) is 11.1. The Kier molecular flexibility index (Phi) is 5.36. The largest absolute Gasteiger partial charge is 0.381 e. The van der Waals surface area contributed by atoms with E-state index in [9.17, 15) is 4.79 Å². The predicted molar refractivity (Wildman–Crippen MR) is 57.6 cm³/mol. The van der Waals surface area contributed by atoms with Crippen LogP contribution >= 0.6 is 0 Å². The predicted octanol–water partition coefficient (Wildman–Crippen LogP) is 0.826. The van der Waals surface area contributed by atoms with Crippen LogP contribution in [0.4, 0.5) is 0 Å². The Morgan fingerprint density at radius 3 is 2.73 bits per heavy atom. The molecule has 0 amide bonds. The molecule has 0 N–H and O–H groups in total. The highest BCUT2D eigenvalue weighted by atomic mass is 16.5. The zero-order valence-corrected chi connectivity index (χ0v) is 9.44. The van der Waals surface area contributed by atoms with Crippen LogP contribution in [0, 0.1) is 0 Å². The van der Waals surface area contributed by atoms with Crippen LogP contribution in [0.5, 0.6) is 0 Å². The number of ether oxygens (including phenoxy) is 2. The summed E-state index contributed by atoms with van der Waals surface area (Å²) in [5.41, 5.74) is 0.752. The highest BCUT2D eigenvalue weighted by molar-refractivity contribution is 5.72. The van der Waals surface area contributed by atoms with Crippen molar-refractivity contribution in [2.24, 2.45) is 0 Å². The standard InChI is InChI=1S/C11H19NO3/c1-10(14-2)3-4-11(9-13)12-5-7-15-8-6-12/h4,9-10H,3,5-8H2,1-2H3. The first kappa shape index (κ1) is 12.2. The summed E-state index contributed by atoms with van der Waals surface area (Å²) in [7, 11) is 1.67. The normalized spacial score (nSPS) is 20.1. The summed E-state index contributed by atoms with van der Waals surface area (Å²) in [6, 6.07) is 0. The summed E-state index contributed by atoms with van der Waals surface area (Å²) in [5, 5.41) is 0. The van der Waals surface area contributed by atoms with Crippen LogP contribution in [0.3, 0.4) is 0 Å². The molecule has 0 aromatic carbocycles. The van der Waals surface area contributed by atoms with E-state index < -0.39 is 0 Å². The van der Waals surface area contributed by atoms with Crippen LogP contribution < -0.4 is 0 Å². The van der Waals surface area contributed by atoms with Crippen LogP contribution in [0.2, 0.25) is 0 Å². The number of hydrogen-bond acceptors (Lipinski definition) is 4. The molecule has 0 spiro atoms. The van der Waals surface area contributed by atoms with Crippen molar-refractivity contribution < 1.29 is 14.3 Å². The van der Waals surface area contributed by atoms with Crippen LogP contribution in [0.25, 0.3) is 0 Å². The molecular formula is C11H19NO3. The number of rotatable bonds is 5. The third-order valence-electron chi connectivity index (χ3n) is 2.56. The van der Waals surface area contributed by atoms with Gasteiger partial charge >= 0.3 is 0 Å². The number of nitrogens with zero attached hydrogens (tertiary/aromatic N) is 1. The Balaban J connectivity index is 2.48. The zero-order valence-electron chi connectivity index (χ0n) is 9.44. The van der Waals surface area contributed by atoms with Crippen molar-refractivity contribution in [2.45, 2.75) is 19.4 Å². The monoisotopic (exact) mass is 213 g/mol. The summed E-state index contributed by atoms with van der Waals surface area (Å²) in [4.78, 5) is 13.0. The fourth-order valence-corrected chi connectivity index (χ4v) is 1.46. The van der Waals surface area contributed by atoms with Crippen molar-refractivity contribution in [1.29, 1.82) is 0 Å². The lowest BCUT2D eigenvalue weighted by atomic mass is 10.2. The molecule has 1 aliphatic rings. The third-order valence-corrected chi connectivity index (χ3v) is 2.56. The minimum Gasteiger partial charge on any atom is -0.381 e. The van der Waals surface area contributed by atoms with E-state index in [4.69, 9.17) is 9.47 Å². The van der Waals surface area contributed by atoms with Gasteiger partial charge in [-0.3, -0.25) is 4.79 Å². The molecule has 1 aliphatic heterocycles. The van der Waals surface area contributed by atoms with Gasteiger partial charge in [-0.2, -0.15) is 0 Å². The second-order valence-corrected chi connectivity index (χ2v) is 3.63. The summed E-state index contributed by atoms with van der Waals surface area (Å²) in [5.74, 6) is 0. The molecule has 1 atom stereocenters. The van der Waals surface area contributed by atoms with Gasteiger partial charge in [0.25, 0.3) is 0 Å². The molecule has 15 heavy (non-hydrogen) atoms. The van der Waals surface area contributed by atoms with Gasteiger partial charge in [-0.15, -0.1) is 0 Å². The molecule has 0 aliphatic carbocycles. The van der Waals surface area contributed by atoms with Crippen molar-refractivity contribution >= 4 is 6.29 Å². The smallest absolute Gasteiger partial charge is 0.165 e. The van der Waals surface area contributed by atoms with E-state index >= 15 is 0 Å². The number of methoxy groups -OCH3 is 1. The molecular weight excluding hydrogens is 194 g/mol. The Hall–Kier alpha value is -0.870. The number of morpholine rings is 1. The highest BCUT2D eigenvalue weighted by Crippen LogP contribution is 2.08. The average molecular weight is 213 g/mol. The molecule has 1 fully saturated rings. The Labute approximate surface area is 90.8 Å². The first-order chi connectivity index (χ1) is 7.27. The fraction of sp³-hybridized carbons (Fsp3) is 0.727. The van der Waals surface area contributed by atoms with Gasteiger partial charge < -0.3 is 14.4 Å². The van der Waals surface area contributed by atoms with E-state index in [0.717, 1.165) is 31.5 Å². The molecule has 1 rings (SSSR count). The van der Waals surface area contributed by atoms with Crippen molar-refractivity contribution in [3.05, 3.63) is 11.8 Å². The number of hydrogen-bond donors (Lipinski definition) is 0. The number of carbonyl (C=O) groups is 1. The minimum atomic E-state index is 0.154. The van der Waals surface area contributed by atoms with Gasteiger partial charge in [-0.25, -0.2) is 0 Å². The lowest BCUT2D eigenvalue weighted by Gasteiger charge is -2.28. The first-order valence-corrected chi connectivity index (χ1v) is 5.28. The topological polar surface area (TPSA) is 38.8 Å². The maximum absolute atomic E-state index is 10.9. The Bertz CT molecular complexity index is 222. The van der Waals surface area contributed by atoms with E-state index in [2.05, 4.69) is 4.90 Å². The maximum atomic E-state index is 10.9. The van der Waals surface area contributed by atoms with Crippen molar-refractivity contribution in [1.82, 2.24) is 4.90 Å². The van der Waals surface area contributed by atoms with Gasteiger partial charge in [-0.05, 0) is 13.3 Å². The van der Waals surface area contributed by atoms with Crippen LogP contribution in [-0.4, -0.2) is 50.7 Å². The van der Waals surface area contributed by atoms with Crippen LogP contribution in [-0.2, 0) is 14.3 Å². The van der Waals surface area contributed by atoms with Gasteiger partial charge in [0.2, 0.25) is 0 Å². The van der Waals surface area contributed by atoms with Gasteiger partial charge in [0.15, 0.2) is 6.29 Å². The third kappa shape index (κ3) is 4.01. The van der Waals surface area contributed by atoms with E-state index in [1.807, 2.05) is 13.0 Å². The molecule has 1 unspecified atom stereocenters. The highest BCUT2D eigenvalue weighted by Gasteiger charge is 2.12. The van der Waals surface area contributed by atoms with Gasteiger partial charge in [-0.1, -0.05) is 6.08 Å². The summed E-state index contributed by atoms with van der Waals surface area (Å²) in [6.45, 7) is 4.98. The number of carbonyl (C=O) groups excluding carboxylic acids is 1. The second kappa shape index (κ2) is 6.58. The SMILES string of the molecule is COC(C)CC=C(C=O)N1CCOCC1. The van der Waals surface area contributed by atoms with E-state index in [-0.39, 0.29) is 6.10 Å². The number of aldehydes is 1. The summed E-state index contributed by atoms with van der Waals surface area (Å²) >= 11 is 0. The maximum Gasteiger partial charge on any atom is 0.165 e. The van der Waals surface area contributed by atoms with Gasteiger partial charge in [0.1, 0.15) is 0 Å². The average Bonchev–Trinajstić information content (AvgIpc) is 2.31. The van der Waals surface area contributed by atoms with Crippen LogP contribution in [0.15, 0.2) is 11.8 Å². The summed E-state index contributed by atoms with van der Waals surface area (Å²) in [6.07, 6.45) is 3.77. The van der Waals surface area contributed by atoms with Gasteiger partial charge in [0, 0.05) is 20.2 Å². The number of allylic oxidation sites excluding steroid dienone is 1. The van der Waals surface area contributed by atoms with E-state index in [0.29, 0.717) is 13.2 Å².